The van der Waals surface area contributed by atoms with Crippen molar-refractivity contribution in [1.82, 2.24) is 8.61 Å². The lowest BCUT2D eigenvalue weighted by Gasteiger charge is -2.33. The molecule has 1 saturated heterocycles. The van der Waals surface area contributed by atoms with E-state index in [1.165, 1.54) is 30.3 Å². The third kappa shape index (κ3) is 4.66. The normalized spacial score (nSPS) is 16.9. The van der Waals surface area contributed by atoms with Crippen LogP contribution in [0.3, 0.4) is 0 Å². The summed E-state index contributed by atoms with van der Waals surface area (Å²) in [6.07, 6.45) is 0. The van der Waals surface area contributed by atoms with Crippen LogP contribution in [0.25, 0.3) is 0 Å². The number of sulfonamides is 2. The second-order valence-electron chi connectivity index (χ2n) is 6.08. The van der Waals surface area contributed by atoms with E-state index in [2.05, 4.69) is 0 Å². The second-order valence-corrected chi connectivity index (χ2v) is 12.0. The van der Waals surface area contributed by atoms with Crippen LogP contribution in [0.4, 0.5) is 0 Å². The monoisotopic (exact) mass is 536 g/mol. The quantitative estimate of drug-likeness (QED) is 0.532. The van der Waals surface area contributed by atoms with Gasteiger partial charge in [-0.25, -0.2) is 16.8 Å². The lowest BCUT2D eigenvalue weighted by Crippen LogP contribution is -2.50. The van der Waals surface area contributed by atoms with Crippen LogP contribution in [0.15, 0.2) is 40.1 Å². The summed E-state index contributed by atoms with van der Waals surface area (Å²) in [5.41, 5.74) is 0. The summed E-state index contributed by atoms with van der Waals surface area (Å²) < 4.78 is 53.9. The number of halogens is 5. The Morgan fingerprint density at radius 1 is 0.586 bits per heavy atom. The van der Waals surface area contributed by atoms with Gasteiger partial charge in [-0.05, 0) is 30.3 Å². The zero-order chi connectivity index (χ0) is 21.6. The van der Waals surface area contributed by atoms with E-state index >= 15 is 0 Å². The molecule has 0 spiro atoms. The van der Waals surface area contributed by atoms with E-state index in [9.17, 15) is 16.8 Å². The predicted molar refractivity (Wildman–Crippen MR) is 115 cm³/mol. The molecule has 0 bridgehead atoms. The van der Waals surface area contributed by atoms with Gasteiger partial charge in [0.1, 0.15) is 9.79 Å². The molecule has 13 heteroatoms. The largest absolute Gasteiger partial charge is 0.244 e. The fourth-order valence-corrected chi connectivity index (χ4v) is 7.36. The molecule has 0 unspecified atom stereocenters. The third-order valence-corrected chi connectivity index (χ3v) is 10.0. The minimum atomic E-state index is -3.99. The molecule has 0 aromatic heterocycles. The van der Waals surface area contributed by atoms with Crippen LogP contribution in [-0.4, -0.2) is 51.6 Å². The van der Waals surface area contributed by atoms with Crippen molar-refractivity contribution in [3.8, 4) is 0 Å². The van der Waals surface area contributed by atoms with E-state index in [0.29, 0.717) is 0 Å². The Hall–Kier alpha value is -0.290. The lowest BCUT2D eigenvalue weighted by atomic mass is 10.4. The number of piperazine rings is 1. The predicted octanol–water partition coefficient (Wildman–Crippen LogP) is 4.65. The molecule has 0 N–H and O–H groups in total. The molecular weight excluding hydrogens is 526 g/mol. The van der Waals surface area contributed by atoms with E-state index in [1.54, 1.807) is 0 Å². The van der Waals surface area contributed by atoms with Crippen LogP contribution in [0.2, 0.25) is 25.1 Å². The lowest BCUT2D eigenvalue weighted by molar-refractivity contribution is 0.273. The maximum Gasteiger partial charge on any atom is 0.244 e. The summed E-state index contributed by atoms with van der Waals surface area (Å²) in [5.74, 6) is 0. The Labute approximate surface area is 193 Å². The standard InChI is InChI=1S/C16H13Cl5N2O4S2/c17-10-1-2-11(18)15(7-10)28(24,25)22-3-5-23(6-4-22)29(26,27)16-9-13(20)12(19)8-14(16)21/h1-2,7-9H,3-6H2. The molecule has 3 rings (SSSR count). The molecule has 29 heavy (non-hydrogen) atoms. The zero-order valence-corrected chi connectivity index (χ0v) is 19.9. The molecule has 1 aliphatic rings. The van der Waals surface area contributed by atoms with Gasteiger partial charge in [-0.1, -0.05) is 58.0 Å². The summed E-state index contributed by atoms with van der Waals surface area (Å²) in [6, 6.07) is 6.56. The molecule has 0 aliphatic carbocycles. The van der Waals surface area contributed by atoms with Crippen molar-refractivity contribution in [1.29, 1.82) is 0 Å². The van der Waals surface area contributed by atoms with Crippen molar-refractivity contribution in [2.75, 3.05) is 26.2 Å². The van der Waals surface area contributed by atoms with Gasteiger partial charge in [-0.3, -0.25) is 0 Å². The average Bonchev–Trinajstić information content (AvgIpc) is 2.66. The first-order valence-corrected chi connectivity index (χ1v) is 12.8. The van der Waals surface area contributed by atoms with Gasteiger partial charge in [0.25, 0.3) is 0 Å². The van der Waals surface area contributed by atoms with Crippen molar-refractivity contribution < 1.29 is 16.8 Å². The molecule has 0 radical (unpaired) electrons. The second kappa shape index (κ2) is 8.68. The first-order valence-electron chi connectivity index (χ1n) is 8.04. The summed E-state index contributed by atoms with van der Waals surface area (Å²) in [6.45, 7) is -0.278. The van der Waals surface area contributed by atoms with Crippen molar-refractivity contribution >= 4 is 78.1 Å². The number of benzene rings is 2. The number of rotatable bonds is 4. The molecule has 1 aliphatic heterocycles. The van der Waals surface area contributed by atoms with Crippen LogP contribution >= 0.6 is 58.0 Å². The molecular formula is C16H13Cl5N2O4S2. The van der Waals surface area contributed by atoms with Gasteiger partial charge in [0.05, 0.1) is 20.1 Å². The van der Waals surface area contributed by atoms with Crippen molar-refractivity contribution in [3.05, 3.63) is 55.4 Å². The summed E-state index contributed by atoms with van der Waals surface area (Å²) in [5, 5.41) is 0.368. The highest BCUT2D eigenvalue weighted by molar-refractivity contribution is 7.89. The van der Waals surface area contributed by atoms with Gasteiger partial charge in [0.15, 0.2) is 0 Å². The molecule has 0 atom stereocenters. The zero-order valence-electron chi connectivity index (χ0n) is 14.4. The van der Waals surface area contributed by atoms with Gasteiger partial charge in [-0.2, -0.15) is 8.61 Å². The van der Waals surface area contributed by atoms with Gasteiger partial charge in [-0.15, -0.1) is 0 Å². The molecule has 2 aromatic carbocycles. The smallest absolute Gasteiger partial charge is 0.207 e. The molecule has 1 heterocycles. The van der Waals surface area contributed by atoms with Crippen LogP contribution in [0.1, 0.15) is 0 Å². The van der Waals surface area contributed by atoms with Crippen molar-refractivity contribution in [2.24, 2.45) is 0 Å². The third-order valence-electron chi connectivity index (χ3n) is 4.30. The Balaban J connectivity index is 1.83. The Morgan fingerprint density at radius 2 is 1.03 bits per heavy atom. The van der Waals surface area contributed by atoms with E-state index in [4.69, 9.17) is 58.0 Å². The van der Waals surface area contributed by atoms with E-state index in [-0.39, 0.29) is 61.1 Å². The van der Waals surface area contributed by atoms with Crippen LogP contribution in [-0.2, 0) is 20.0 Å². The minimum Gasteiger partial charge on any atom is -0.207 e. The SMILES string of the molecule is O=S(=O)(c1cc(Cl)ccc1Cl)N1CCN(S(=O)(=O)c2cc(Cl)c(Cl)cc2Cl)CC1. The fourth-order valence-electron chi connectivity index (χ4n) is 2.81. The molecule has 2 aromatic rings. The molecule has 158 valence electrons. The number of hydrogen-bond donors (Lipinski definition) is 0. The first kappa shape index (κ1) is 23.4. The first-order chi connectivity index (χ1) is 13.4. The molecule has 1 fully saturated rings. The summed E-state index contributed by atoms with van der Waals surface area (Å²) in [7, 11) is -7.93. The van der Waals surface area contributed by atoms with E-state index < -0.39 is 20.0 Å². The Morgan fingerprint density at radius 3 is 1.55 bits per heavy atom. The molecule has 6 nitrogen and oxygen atoms in total. The maximum absolute atomic E-state index is 12.9. The average molecular weight is 539 g/mol. The van der Waals surface area contributed by atoms with Crippen LogP contribution < -0.4 is 0 Å². The van der Waals surface area contributed by atoms with Crippen LogP contribution in [0.5, 0.6) is 0 Å². The highest BCUT2D eigenvalue weighted by Crippen LogP contribution is 2.34. The molecule has 0 amide bonds. The fraction of sp³-hybridized carbons (Fsp3) is 0.250. The number of hydrogen-bond acceptors (Lipinski definition) is 4. The maximum atomic E-state index is 12.9. The minimum absolute atomic E-state index is 0.0343. The molecule has 0 saturated carbocycles. The number of nitrogens with zero attached hydrogens (tertiary/aromatic N) is 2. The van der Waals surface area contributed by atoms with Gasteiger partial charge in [0, 0.05) is 31.2 Å². The summed E-state index contributed by atoms with van der Waals surface area (Å²) >= 11 is 29.7. The topological polar surface area (TPSA) is 74.8 Å². The van der Waals surface area contributed by atoms with E-state index in [1.807, 2.05) is 0 Å². The van der Waals surface area contributed by atoms with Gasteiger partial charge < -0.3 is 0 Å². The van der Waals surface area contributed by atoms with Gasteiger partial charge in [0.2, 0.25) is 20.0 Å². The van der Waals surface area contributed by atoms with E-state index in [0.717, 1.165) is 8.61 Å². The highest BCUT2D eigenvalue weighted by atomic mass is 35.5. The van der Waals surface area contributed by atoms with Crippen LogP contribution in [0, 0.1) is 0 Å². The highest BCUT2D eigenvalue weighted by Gasteiger charge is 2.35. The van der Waals surface area contributed by atoms with Crippen molar-refractivity contribution in [3.63, 3.8) is 0 Å². The Kier molecular flexibility index (Phi) is 7.00. The van der Waals surface area contributed by atoms with Crippen molar-refractivity contribution in [2.45, 2.75) is 9.79 Å². The summed E-state index contributed by atoms with van der Waals surface area (Å²) in [4.78, 5) is -0.321. The van der Waals surface area contributed by atoms with Gasteiger partial charge >= 0.3 is 0 Å². The Bertz CT molecular complexity index is 1160.